The summed E-state index contributed by atoms with van der Waals surface area (Å²) in [6, 6.07) is 9.65. The Morgan fingerprint density at radius 2 is 1.95 bits per heavy atom. The monoisotopic (exact) mass is 272 g/mol. The van der Waals surface area contributed by atoms with E-state index in [1.807, 2.05) is 36.5 Å². The number of methoxy groups -OCH3 is 1. The van der Waals surface area contributed by atoms with Gasteiger partial charge in [-0.15, -0.1) is 0 Å². The fraction of sp³-hybridized carbons (Fsp3) is 0.312. The molecule has 2 rings (SSSR count). The lowest BCUT2D eigenvalue weighted by Gasteiger charge is -2.12. The van der Waals surface area contributed by atoms with Crippen LogP contribution in [0.3, 0.4) is 0 Å². The van der Waals surface area contributed by atoms with Crippen molar-refractivity contribution in [3.63, 3.8) is 0 Å². The van der Waals surface area contributed by atoms with Crippen LogP contribution in [0.1, 0.15) is 18.9 Å². The third-order valence-electron chi connectivity index (χ3n) is 3.09. The maximum absolute atomic E-state index is 5.96. The second kappa shape index (κ2) is 6.91. The number of rotatable bonds is 6. The fourth-order valence-corrected chi connectivity index (χ4v) is 1.91. The molecule has 0 aliphatic carbocycles. The Balaban J connectivity index is 2.15. The van der Waals surface area contributed by atoms with Crippen LogP contribution < -0.4 is 15.2 Å². The van der Waals surface area contributed by atoms with E-state index in [2.05, 4.69) is 11.9 Å². The van der Waals surface area contributed by atoms with Crippen LogP contribution in [0.4, 0.5) is 0 Å². The van der Waals surface area contributed by atoms with Crippen LogP contribution in [-0.2, 0) is 6.42 Å². The molecule has 1 atom stereocenters. The minimum Gasteiger partial charge on any atom is -0.493 e. The summed E-state index contributed by atoms with van der Waals surface area (Å²) in [5, 5.41) is 0. The number of para-hydroxylation sites is 2. The quantitative estimate of drug-likeness (QED) is 0.877. The highest BCUT2D eigenvalue weighted by molar-refractivity contribution is 5.42. The molecule has 0 bridgehead atoms. The summed E-state index contributed by atoms with van der Waals surface area (Å²) < 4.78 is 11.1. The molecule has 4 heteroatoms. The number of hydrogen-bond acceptors (Lipinski definition) is 4. The molecule has 0 saturated heterocycles. The van der Waals surface area contributed by atoms with Crippen molar-refractivity contribution >= 4 is 0 Å². The molecule has 106 valence electrons. The predicted octanol–water partition coefficient (Wildman–Crippen LogP) is 3.16. The number of hydrogen-bond donors (Lipinski definition) is 1. The van der Waals surface area contributed by atoms with Crippen molar-refractivity contribution < 1.29 is 9.47 Å². The highest BCUT2D eigenvalue weighted by Crippen LogP contribution is 2.30. The van der Waals surface area contributed by atoms with E-state index in [1.54, 1.807) is 13.3 Å². The van der Waals surface area contributed by atoms with E-state index in [1.165, 1.54) is 0 Å². The van der Waals surface area contributed by atoms with Gasteiger partial charge in [-0.05, 0) is 36.6 Å². The molecule has 1 aromatic heterocycles. The molecule has 0 spiro atoms. The molecule has 1 heterocycles. The molecule has 1 unspecified atom stereocenters. The average Bonchev–Trinajstić information content (AvgIpc) is 2.48. The molecule has 0 fully saturated rings. The van der Waals surface area contributed by atoms with E-state index in [-0.39, 0.29) is 6.04 Å². The molecule has 4 nitrogen and oxygen atoms in total. The lowest BCUT2D eigenvalue weighted by molar-refractivity contribution is 0.378. The van der Waals surface area contributed by atoms with E-state index < -0.39 is 0 Å². The maximum Gasteiger partial charge on any atom is 0.169 e. The Bertz CT molecular complexity index is 558. The zero-order chi connectivity index (χ0) is 14.4. The van der Waals surface area contributed by atoms with Gasteiger partial charge < -0.3 is 15.2 Å². The minimum atomic E-state index is 0.151. The number of aromatic nitrogens is 1. The zero-order valence-electron chi connectivity index (χ0n) is 11.9. The lowest BCUT2D eigenvalue weighted by Crippen LogP contribution is -2.21. The van der Waals surface area contributed by atoms with Crippen LogP contribution in [0.5, 0.6) is 17.2 Å². The predicted molar refractivity (Wildman–Crippen MR) is 79.3 cm³/mol. The highest BCUT2D eigenvalue weighted by atomic mass is 16.5. The number of pyridine rings is 1. The first kappa shape index (κ1) is 14.3. The Kier molecular flexibility index (Phi) is 4.96. The molecular formula is C16H20N2O2. The second-order valence-corrected chi connectivity index (χ2v) is 4.65. The van der Waals surface area contributed by atoms with Crippen molar-refractivity contribution in [1.29, 1.82) is 0 Å². The first-order valence-electron chi connectivity index (χ1n) is 6.73. The van der Waals surface area contributed by atoms with Gasteiger partial charge in [0.15, 0.2) is 11.5 Å². The number of nitrogens with two attached hydrogens (primary N) is 1. The molecule has 0 amide bonds. The number of nitrogens with zero attached hydrogens (tertiary/aromatic N) is 1. The molecule has 2 aromatic rings. The van der Waals surface area contributed by atoms with Crippen molar-refractivity contribution in [3.8, 4) is 17.2 Å². The van der Waals surface area contributed by atoms with Crippen molar-refractivity contribution in [2.75, 3.05) is 7.11 Å². The van der Waals surface area contributed by atoms with Gasteiger partial charge in [-0.2, -0.15) is 0 Å². The SMILES string of the molecule is CCC(N)Cc1cncc(Oc2ccccc2OC)c1. The maximum atomic E-state index is 5.96. The van der Waals surface area contributed by atoms with Crippen LogP contribution in [0.25, 0.3) is 0 Å². The molecule has 1 aromatic carbocycles. The second-order valence-electron chi connectivity index (χ2n) is 4.65. The zero-order valence-corrected chi connectivity index (χ0v) is 11.9. The van der Waals surface area contributed by atoms with Crippen molar-refractivity contribution in [1.82, 2.24) is 4.98 Å². The van der Waals surface area contributed by atoms with Crippen molar-refractivity contribution in [2.24, 2.45) is 5.73 Å². The summed E-state index contributed by atoms with van der Waals surface area (Å²) in [5.74, 6) is 2.06. The third-order valence-corrected chi connectivity index (χ3v) is 3.09. The lowest BCUT2D eigenvalue weighted by atomic mass is 10.1. The first-order chi connectivity index (χ1) is 9.72. The summed E-state index contributed by atoms with van der Waals surface area (Å²) in [4.78, 5) is 4.20. The molecule has 0 saturated carbocycles. The molecule has 20 heavy (non-hydrogen) atoms. The normalized spacial score (nSPS) is 11.9. The summed E-state index contributed by atoms with van der Waals surface area (Å²) >= 11 is 0. The number of benzene rings is 1. The van der Waals surface area contributed by atoms with E-state index in [9.17, 15) is 0 Å². The average molecular weight is 272 g/mol. The van der Waals surface area contributed by atoms with Crippen LogP contribution in [0, 0.1) is 0 Å². The minimum absolute atomic E-state index is 0.151. The number of ether oxygens (including phenoxy) is 2. The van der Waals surface area contributed by atoms with E-state index in [0.717, 1.165) is 18.4 Å². The smallest absolute Gasteiger partial charge is 0.169 e. The Morgan fingerprint density at radius 1 is 1.20 bits per heavy atom. The summed E-state index contributed by atoms with van der Waals surface area (Å²) in [5.41, 5.74) is 7.04. The highest BCUT2D eigenvalue weighted by Gasteiger charge is 2.07. The standard InChI is InChI=1S/C16H20N2O2/c1-3-13(17)8-12-9-14(11-18-10-12)20-16-7-5-4-6-15(16)19-2/h4-7,9-11,13H,3,8,17H2,1-2H3. The molecule has 0 radical (unpaired) electrons. The van der Waals surface area contributed by atoms with Gasteiger partial charge >= 0.3 is 0 Å². The summed E-state index contributed by atoms with van der Waals surface area (Å²) in [6.07, 6.45) is 5.25. The first-order valence-corrected chi connectivity index (χ1v) is 6.73. The van der Waals surface area contributed by atoms with Gasteiger partial charge in [0.1, 0.15) is 5.75 Å². The van der Waals surface area contributed by atoms with Crippen molar-refractivity contribution in [2.45, 2.75) is 25.8 Å². The van der Waals surface area contributed by atoms with Gasteiger partial charge in [-0.1, -0.05) is 19.1 Å². The van der Waals surface area contributed by atoms with Crippen LogP contribution >= 0.6 is 0 Å². The third kappa shape index (κ3) is 3.71. The van der Waals surface area contributed by atoms with Gasteiger partial charge in [0.2, 0.25) is 0 Å². The van der Waals surface area contributed by atoms with E-state index >= 15 is 0 Å². The summed E-state index contributed by atoms with van der Waals surface area (Å²) in [6.45, 7) is 2.08. The van der Waals surface area contributed by atoms with Crippen LogP contribution in [-0.4, -0.2) is 18.1 Å². The van der Waals surface area contributed by atoms with Gasteiger partial charge in [0.25, 0.3) is 0 Å². The van der Waals surface area contributed by atoms with E-state index in [4.69, 9.17) is 15.2 Å². The van der Waals surface area contributed by atoms with Crippen LogP contribution in [0.2, 0.25) is 0 Å². The molecule has 0 aliphatic heterocycles. The van der Waals surface area contributed by atoms with E-state index in [0.29, 0.717) is 17.2 Å². The molecule has 2 N–H and O–H groups in total. The Hall–Kier alpha value is -2.07. The molecule has 0 aliphatic rings. The van der Waals surface area contributed by atoms with Gasteiger partial charge in [-0.3, -0.25) is 4.98 Å². The Morgan fingerprint density at radius 3 is 2.65 bits per heavy atom. The van der Waals surface area contributed by atoms with Crippen LogP contribution in [0.15, 0.2) is 42.7 Å². The van der Waals surface area contributed by atoms with Gasteiger partial charge in [0.05, 0.1) is 13.3 Å². The van der Waals surface area contributed by atoms with Gasteiger partial charge in [0, 0.05) is 12.2 Å². The summed E-state index contributed by atoms with van der Waals surface area (Å²) in [7, 11) is 1.62. The van der Waals surface area contributed by atoms with Crippen molar-refractivity contribution in [3.05, 3.63) is 48.3 Å². The fourth-order valence-electron chi connectivity index (χ4n) is 1.91. The molecular weight excluding hydrogens is 252 g/mol. The largest absolute Gasteiger partial charge is 0.493 e. The topological polar surface area (TPSA) is 57.4 Å². The van der Waals surface area contributed by atoms with Gasteiger partial charge in [-0.25, -0.2) is 0 Å². The Labute approximate surface area is 119 Å².